The molecule has 0 fully saturated rings. The fourth-order valence-corrected chi connectivity index (χ4v) is 2.69. The maximum absolute atomic E-state index is 11.8. The second-order valence-corrected chi connectivity index (χ2v) is 6.49. The standard InChI is InChI=1S/C19H11Cl2N3O2/c20-19(21)18(26)14-5-3-13(4-6-14)17-15(11-25)10-24(23-17)16-7-1-12(9-22)2-8-16/h1-8,10-11,19H. The highest BCUT2D eigenvalue weighted by Gasteiger charge is 2.16. The summed E-state index contributed by atoms with van der Waals surface area (Å²) in [6, 6.07) is 15.4. The molecule has 0 spiro atoms. The molecule has 0 aliphatic carbocycles. The molecule has 7 heteroatoms. The van der Waals surface area contributed by atoms with Gasteiger partial charge in [0.05, 0.1) is 22.9 Å². The first-order valence-electron chi connectivity index (χ1n) is 7.51. The monoisotopic (exact) mass is 383 g/mol. The van der Waals surface area contributed by atoms with Crippen molar-refractivity contribution in [2.24, 2.45) is 0 Å². The van der Waals surface area contributed by atoms with Crippen LogP contribution in [0.15, 0.2) is 54.7 Å². The molecule has 5 nitrogen and oxygen atoms in total. The Morgan fingerprint density at radius 1 is 1.12 bits per heavy atom. The molecule has 128 valence electrons. The number of carbonyl (C=O) groups excluding carboxylic acids is 2. The Morgan fingerprint density at radius 3 is 2.31 bits per heavy atom. The van der Waals surface area contributed by atoms with E-state index in [4.69, 9.17) is 28.5 Å². The summed E-state index contributed by atoms with van der Waals surface area (Å²) in [6.45, 7) is 0. The zero-order valence-corrected chi connectivity index (χ0v) is 14.8. The Hall–Kier alpha value is -2.94. The van der Waals surface area contributed by atoms with Crippen LogP contribution in [0.2, 0.25) is 0 Å². The number of halogens is 2. The molecule has 3 aromatic rings. The lowest BCUT2D eigenvalue weighted by Gasteiger charge is -2.03. The van der Waals surface area contributed by atoms with Gasteiger partial charge in [-0.25, -0.2) is 4.68 Å². The van der Waals surface area contributed by atoms with Gasteiger partial charge in [-0.2, -0.15) is 10.4 Å². The van der Waals surface area contributed by atoms with Crippen LogP contribution in [0.4, 0.5) is 0 Å². The summed E-state index contributed by atoms with van der Waals surface area (Å²) in [7, 11) is 0. The number of alkyl halides is 2. The van der Waals surface area contributed by atoms with Crippen molar-refractivity contribution in [2.45, 2.75) is 4.84 Å². The second-order valence-electron chi connectivity index (χ2n) is 5.40. The molecule has 0 unspecified atom stereocenters. The van der Waals surface area contributed by atoms with Gasteiger partial charge in [0, 0.05) is 17.3 Å². The number of hydrogen-bond acceptors (Lipinski definition) is 4. The summed E-state index contributed by atoms with van der Waals surface area (Å²) in [6.07, 6.45) is 2.32. The molecule has 0 amide bonds. The fraction of sp³-hybridized carbons (Fsp3) is 0.0526. The largest absolute Gasteiger partial charge is 0.298 e. The molecule has 1 heterocycles. The van der Waals surface area contributed by atoms with Gasteiger partial charge < -0.3 is 0 Å². The fourth-order valence-electron chi connectivity index (χ4n) is 2.44. The summed E-state index contributed by atoms with van der Waals surface area (Å²) in [5, 5.41) is 13.3. The van der Waals surface area contributed by atoms with Gasteiger partial charge in [-0.3, -0.25) is 9.59 Å². The lowest BCUT2D eigenvalue weighted by molar-refractivity contribution is 0.101. The van der Waals surface area contributed by atoms with Gasteiger partial charge in [0.1, 0.15) is 5.69 Å². The summed E-state index contributed by atoms with van der Waals surface area (Å²) in [4.78, 5) is 22.1. The first kappa shape index (κ1) is 17.9. The molecule has 0 saturated heterocycles. The molecule has 0 aliphatic heterocycles. The van der Waals surface area contributed by atoms with E-state index in [1.54, 1.807) is 59.4 Å². The van der Waals surface area contributed by atoms with Crippen LogP contribution in [0.25, 0.3) is 16.9 Å². The van der Waals surface area contributed by atoms with E-state index in [1.165, 1.54) is 0 Å². The van der Waals surface area contributed by atoms with E-state index in [1.807, 2.05) is 6.07 Å². The third kappa shape index (κ3) is 3.52. The number of benzene rings is 2. The van der Waals surface area contributed by atoms with E-state index in [0.717, 1.165) is 12.0 Å². The van der Waals surface area contributed by atoms with Crippen molar-refractivity contribution in [3.8, 4) is 23.0 Å². The minimum Gasteiger partial charge on any atom is -0.298 e. The second kappa shape index (κ2) is 7.52. The molecular formula is C19H11Cl2N3O2. The number of Topliss-reactive ketones (excluding diaryl/α,β-unsaturated/α-hetero) is 1. The van der Waals surface area contributed by atoms with Crippen LogP contribution in [0.5, 0.6) is 0 Å². The van der Waals surface area contributed by atoms with E-state index in [0.29, 0.717) is 27.9 Å². The van der Waals surface area contributed by atoms with Crippen molar-refractivity contribution < 1.29 is 9.59 Å². The zero-order valence-electron chi connectivity index (χ0n) is 13.3. The average Bonchev–Trinajstić information content (AvgIpc) is 3.12. The highest BCUT2D eigenvalue weighted by Crippen LogP contribution is 2.24. The number of aldehydes is 1. The normalized spacial score (nSPS) is 10.5. The molecule has 0 aliphatic rings. The molecule has 0 N–H and O–H groups in total. The predicted molar refractivity (Wildman–Crippen MR) is 98.9 cm³/mol. The molecule has 0 saturated carbocycles. The van der Waals surface area contributed by atoms with Crippen molar-refractivity contribution in [3.05, 3.63) is 71.4 Å². The van der Waals surface area contributed by atoms with Crippen LogP contribution in [-0.4, -0.2) is 26.7 Å². The lowest BCUT2D eigenvalue weighted by atomic mass is 10.0. The quantitative estimate of drug-likeness (QED) is 0.375. The number of nitriles is 1. The summed E-state index contributed by atoms with van der Waals surface area (Å²) in [5.74, 6) is -0.390. The van der Waals surface area contributed by atoms with E-state index in [2.05, 4.69) is 5.10 Å². The smallest absolute Gasteiger partial charge is 0.195 e. The summed E-state index contributed by atoms with van der Waals surface area (Å²) in [5.41, 5.74) is 3.20. The first-order valence-corrected chi connectivity index (χ1v) is 8.39. The Labute approximate surface area is 159 Å². The van der Waals surface area contributed by atoms with Gasteiger partial charge in [-0.05, 0) is 24.3 Å². The van der Waals surface area contributed by atoms with Crippen LogP contribution in [0.3, 0.4) is 0 Å². The molecule has 0 bridgehead atoms. The Bertz CT molecular complexity index is 1000. The minimum absolute atomic E-state index is 0.378. The van der Waals surface area contributed by atoms with Crippen LogP contribution >= 0.6 is 23.2 Å². The maximum Gasteiger partial charge on any atom is 0.195 e. The van der Waals surface area contributed by atoms with Crippen molar-refractivity contribution in [2.75, 3.05) is 0 Å². The lowest BCUT2D eigenvalue weighted by Crippen LogP contribution is -2.07. The highest BCUT2D eigenvalue weighted by atomic mass is 35.5. The van der Waals surface area contributed by atoms with Gasteiger partial charge in [-0.1, -0.05) is 47.5 Å². The van der Waals surface area contributed by atoms with Crippen LogP contribution in [0.1, 0.15) is 26.3 Å². The Balaban J connectivity index is 1.97. The van der Waals surface area contributed by atoms with Crippen molar-refractivity contribution in [1.82, 2.24) is 9.78 Å². The van der Waals surface area contributed by atoms with Crippen molar-refractivity contribution in [1.29, 1.82) is 5.26 Å². The summed E-state index contributed by atoms with van der Waals surface area (Å²) < 4.78 is 1.56. The molecule has 3 rings (SSSR count). The first-order chi connectivity index (χ1) is 12.5. The average molecular weight is 384 g/mol. The number of hydrogen-bond donors (Lipinski definition) is 0. The Morgan fingerprint density at radius 2 is 1.77 bits per heavy atom. The molecule has 0 radical (unpaired) electrons. The van der Waals surface area contributed by atoms with Crippen molar-refractivity contribution in [3.63, 3.8) is 0 Å². The summed E-state index contributed by atoms with van der Waals surface area (Å²) >= 11 is 11.2. The van der Waals surface area contributed by atoms with Gasteiger partial charge >= 0.3 is 0 Å². The number of carbonyl (C=O) groups is 2. The number of aromatic nitrogens is 2. The van der Waals surface area contributed by atoms with E-state index < -0.39 is 10.6 Å². The Kier molecular flexibility index (Phi) is 5.17. The van der Waals surface area contributed by atoms with Gasteiger partial charge in [0.25, 0.3) is 0 Å². The van der Waals surface area contributed by atoms with E-state index >= 15 is 0 Å². The zero-order chi connectivity index (χ0) is 18.7. The number of rotatable bonds is 5. The van der Waals surface area contributed by atoms with Crippen LogP contribution in [-0.2, 0) is 0 Å². The maximum atomic E-state index is 11.8. The van der Waals surface area contributed by atoms with E-state index in [-0.39, 0.29) is 0 Å². The van der Waals surface area contributed by atoms with E-state index in [9.17, 15) is 9.59 Å². The minimum atomic E-state index is -1.12. The molecule has 26 heavy (non-hydrogen) atoms. The molecule has 0 atom stereocenters. The van der Waals surface area contributed by atoms with Crippen LogP contribution < -0.4 is 0 Å². The third-order valence-electron chi connectivity index (χ3n) is 3.77. The highest BCUT2D eigenvalue weighted by molar-refractivity contribution is 6.55. The van der Waals surface area contributed by atoms with Gasteiger partial charge in [-0.15, -0.1) is 0 Å². The number of ketones is 1. The molecule has 2 aromatic carbocycles. The van der Waals surface area contributed by atoms with Gasteiger partial charge in [0.15, 0.2) is 16.9 Å². The third-order valence-corrected chi connectivity index (χ3v) is 4.17. The number of nitrogens with zero attached hydrogens (tertiary/aromatic N) is 3. The topological polar surface area (TPSA) is 75.8 Å². The SMILES string of the molecule is N#Cc1ccc(-n2cc(C=O)c(-c3ccc(C(=O)C(Cl)Cl)cc3)n2)cc1. The van der Waals surface area contributed by atoms with Crippen LogP contribution in [0, 0.1) is 11.3 Å². The molecular weight excluding hydrogens is 373 g/mol. The van der Waals surface area contributed by atoms with Gasteiger partial charge in [0.2, 0.25) is 0 Å². The predicted octanol–water partition coefficient (Wildman–Crippen LogP) is 4.21. The molecule has 1 aromatic heterocycles. The van der Waals surface area contributed by atoms with Crippen molar-refractivity contribution >= 4 is 35.3 Å².